The Kier molecular flexibility index (Phi) is 6.60. The van der Waals surface area contributed by atoms with Gasteiger partial charge in [-0.3, -0.25) is 4.90 Å². The van der Waals surface area contributed by atoms with Gasteiger partial charge >= 0.3 is 0 Å². The molecular weight excluding hydrogens is 571 g/mol. The molecule has 0 saturated carbocycles. The maximum absolute atomic E-state index is 4.77. The Morgan fingerprint density at radius 2 is 1.13 bits per heavy atom. The summed E-state index contributed by atoms with van der Waals surface area (Å²) in [6.07, 6.45) is 10.7. The zero-order valence-electron chi connectivity index (χ0n) is 25.7. The standard InChI is InChI=1S/C44H31N3/c1-3-13-32-27-34(21-19-30(32)11-1)43-37-15-5-6-16-38(37)44(35-22-20-31-12-2-4-14-33(31)28-35)40-29-36(23-24-39(40)43)47(41-17-7-9-25-45-41)42-18-8-10-26-46-42/h1-29,40,44H. The van der Waals surface area contributed by atoms with Gasteiger partial charge in [-0.25, -0.2) is 9.97 Å². The summed E-state index contributed by atoms with van der Waals surface area (Å²) in [5.74, 6) is 1.86. The molecule has 3 heteroatoms. The first kappa shape index (κ1) is 27.3. The smallest absolute Gasteiger partial charge is 0.138 e. The van der Waals surface area contributed by atoms with Crippen molar-refractivity contribution < 1.29 is 0 Å². The first-order chi connectivity index (χ1) is 23.3. The molecule has 0 radical (unpaired) electrons. The van der Waals surface area contributed by atoms with Crippen molar-refractivity contribution in [2.45, 2.75) is 5.92 Å². The molecule has 2 atom stereocenters. The molecule has 0 amide bonds. The van der Waals surface area contributed by atoms with Gasteiger partial charge < -0.3 is 0 Å². The third kappa shape index (κ3) is 4.76. The zero-order chi connectivity index (χ0) is 31.2. The topological polar surface area (TPSA) is 29.0 Å². The maximum Gasteiger partial charge on any atom is 0.138 e. The van der Waals surface area contributed by atoms with E-state index in [1.807, 2.05) is 48.8 Å². The molecule has 9 rings (SSSR count). The quantitative estimate of drug-likeness (QED) is 0.197. The normalized spacial score (nSPS) is 16.9. The molecular formula is C44H31N3. The monoisotopic (exact) mass is 601 g/mol. The Morgan fingerprint density at radius 3 is 1.83 bits per heavy atom. The third-order valence-corrected chi connectivity index (χ3v) is 9.54. The summed E-state index contributed by atoms with van der Waals surface area (Å²) < 4.78 is 0. The number of fused-ring (bicyclic) bond motifs is 4. The Bertz CT molecular complexity index is 2330. The molecule has 0 N–H and O–H groups in total. The number of benzene rings is 5. The minimum atomic E-state index is 0.0717. The Balaban J connectivity index is 1.30. The highest BCUT2D eigenvalue weighted by atomic mass is 15.2. The lowest BCUT2D eigenvalue weighted by Crippen LogP contribution is -2.27. The fraction of sp³-hybridized carbons (Fsp3) is 0.0455. The van der Waals surface area contributed by atoms with E-state index >= 15 is 0 Å². The molecule has 222 valence electrons. The van der Waals surface area contributed by atoms with Crippen molar-refractivity contribution in [3.8, 4) is 0 Å². The molecule has 2 aromatic heterocycles. The van der Waals surface area contributed by atoms with E-state index in [2.05, 4.69) is 132 Å². The van der Waals surface area contributed by atoms with Gasteiger partial charge in [0.05, 0.1) is 0 Å². The minimum absolute atomic E-state index is 0.0717. The molecule has 2 aliphatic rings. The van der Waals surface area contributed by atoms with E-state index in [0.717, 1.165) is 17.3 Å². The van der Waals surface area contributed by atoms with Gasteiger partial charge in [0.15, 0.2) is 0 Å². The van der Waals surface area contributed by atoms with Crippen molar-refractivity contribution in [1.82, 2.24) is 9.97 Å². The largest absolute Gasteiger partial charge is 0.279 e. The first-order valence-electron chi connectivity index (χ1n) is 16.2. The van der Waals surface area contributed by atoms with Crippen LogP contribution >= 0.6 is 0 Å². The molecule has 2 unspecified atom stereocenters. The molecule has 2 aliphatic carbocycles. The molecule has 5 aromatic carbocycles. The zero-order valence-corrected chi connectivity index (χ0v) is 25.7. The van der Waals surface area contributed by atoms with E-state index in [-0.39, 0.29) is 11.8 Å². The lowest BCUT2D eigenvalue weighted by molar-refractivity contribution is 0.644. The summed E-state index contributed by atoms with van der Waals surface area (Å²) in [6.45, 7) is 0. The van der Waals surface area contributed by atoms with Gasteiger partial charge in [-0.1, -0.05) is 127 Å². The summed E-state index contributed by atoms with van der Waals surface area (Å²) in [5.41, 5.74) is 8.85. The van der Waals surface area contributed by atoms with Crippen LogP contribution in [0.1, 0.15) is 28.2 Å². The lowest BCUT2D eigenvalue weighted by Gasteiger charge is -2.39. The summed E-state index contributed by atoms with van der Waals surface area (Å²) in [6, 6.07) is 52.2. The van der Waals surface area contributed by atoms with Crippen molar-refractivity contribution in [2.75, 3.05) is 4.90 Å². The van der Waals surface area contributed by atoms with E-state index < -0.39 is 0 Å². The third-order valence-electron chi connectivity index (χ3n) is 9.54. The number of hydrogen-bond donors (Lipinski definition) is 0. The van der Waals surface area contributed by atoms with Gasteiger partial charge in [-0.15, -0.1) is 0 Å². The van der Waals surface area contributed by atoms with Crippen molar-refractivity contribution in [3.63, 3.8) is 0 Å². The molecule has 0 aliphatic heterocycles. The molecule has 0 spiro atoms. The Morgan fingerprint density at radius 1 is 0.511 bits per heavy atom. The maximum atomic E-state index is 4.77. The molecule has 7 aromatic rings. The van der Waals surface area contributed by atoms with E-state index in [0.29, 0.717) is 0 Å². The van der Waals surface area contributed by atoms with E-state index in [9.17, 15) is 0 Å². The number of allylic oxidation sites excluding steroid dienone is 4. The highest BCUT2D eigenvalue weighted by molar-refractivity contribution is 5.94. The van der Waals surface area contributed by atoms with Crippen LogP contribution in [0.5, 0.6) is 0 Å². The minimum Gasteiger partial charge on any atom is -0.279 e. The van der Waals surface area contributed by atoms with E-state index in [1.54, 1.807) is 0 Å². The SMILES string of the molecule is C1=CC2=C(c3ccc4ccccc4c3)c3ccccc3C(c3ccc4ccccc4c3)C2C=C1N(c1ccccn1)c1ccccn1. The lowest BCUT2D eigenvalue weighted by atomic mass is 9.66. The molecule has 0 saturated heterocycles. The van der Waals surface area contributed by atoms with Crippen LogP contribution < -0.4 is 4.90 Å². The highest BCUT2D eigenvalue weighted by Gasteiger charge is 2.37. The number of rotatable bonds is 5. The molecule has 2 heterocycles. The second-order valence-corrected chi connectivity index (χ2v) is 12.2. The van der Waals surface area contributed by atoms with Crippen LogP contribution in [0, 0.1) is 5.92 Å². The predicted molar refractivity (Wildman–Crippen MR) is 194 cm³/mol. The highest BCUT2D eigenvalue weighted by Crippen LogP contribution is 2.51. The van der Waals surface area contributed by atoms with Crippen LogP contribution in [0.3, 0.4) is 0 Å². The molecule has 0 bridgehead atoms. The van der Waals surface area contributed by atoms with Gasteiger partial charge in [0.1, 0.15) is 11.6 Å². The number of aromatic nitrogens is 2. The van der Waals surface area contributed by atoms with Crippen LogP contribution in [0.15, 0.2) is 187 Å². The molecule has 3 nitrogen and oxygen atoms in total. The van der Waals surface area contributed by atoms with Gasteiger partial charge in [-0.05, 0) is 91.4 Å². The van der Waals surface area contributed by atoms with Crippen LogP contribution in [0.2, 0.25) is 0 Å². The van der Waals surface area contributed by atoms with Gasteiger partial charge in [0, 0.05) is 29.9 Å². The van der Waals surface area contributed by atoms with Crippen molar-refractivity contribution in [3.05, 3.63) is 210 Å². The number of nitrogens with zero attached hydrogens (tertiary/aromatic N) is 3. The van der Waals surface area contributed by atoms with Crippen LogP contribution in [0.4, 0.5) is 11.6 Å². The van der Waals surface area contributed by atoms with Crippen molar-refractivity contribution in [2.24, 2.45) is 5.92 Å². The fourth-order valence-electron chi connectivity index (χ4n) is 7.44. The second kappa shape index (κ2) is 11.4. The van der Waals surface area contributed by atoms with Crippen molar-refractivity contribution >= 4 is 38.8 Å². The summed E-state index contributed by atoms with van der Waals surface area (Å²) in [5, 5.41) is 5.01. The average molecular weight is 602 g/mol. The predicted octanol–water partition coefficient (Wildman–Crippen LogP) is 10.6. The second-order valence-electron chi connectivity index (χ2n) is 12.2. The summed E-state index contributed by atoms with van der Waals surface area (Å²) in [4.78, 5) is 11.7. The molecule has 47 heavy (non-hydrogen) atoms. The Labute approximate surface area is 274 Å². The van der Waals surface area contributed by atoms with Crippen LogP contribution in [-0.4, -0.2) is 9.97 Å². The van der Waals surface area contributed by atoms with Crippen LogP contribution in [-0.2, 0) is 0 Å². The number of hydrogen-bond acceptors (Lipinski definition) is 3. The van der Waals surface area contributed by atoms with E-state index in [4.69, 9.17) is 9.97 Å². The average Bonchev–Trinajstić information content (AvgIpc) is 3.14. The first-order valence-corrected chi connectivity index (χ1v) is 16.2. The van der Waals surface area contributed by atoms with Crippen molar-refractivity contribution in [1.29, 1.82) is 0 Å². The number of pyridine rings is 2. The summed E-state index contributed by atoms with van der Waals surface area (Å²) in [7, 11) is 0. The number of anilines is 2. The van der Waals surface area contributed by atoms with Crippen LogP contribution in [0.25, 0.3) is 27.1 Å². The van der Waals surface area contributed by atoms with Gasteiger partial charge in [0.2, 0.25) is 0 Å². The van der Waals surface area contributed by atoms with Gasteiger partial charge in [-0.2, -0.15) is 0 Å². The molecule has 0 fully saturated rings. The van der Waals surface area contributed by atoms with Gasteiger partial charge in [0.25, 0.3) is 0 Å². The summed E-state index contributed by atoms with van der Waals surface area (Å²) >= 11 is 0. The van der Waals surface area contributed by atoms with E-state index in [1.165, 1.54) is 54.9 Å². The Hall–Kier alpha value is -6.06. The fourth-order valence-corrected chi connectivity index (χ4v) is 7.44.